The van der Waals surface area contributed by atoms with E-state index in [1.807, 2.05) is 39.0 Å². The zero-order valence-electron chi connectivity index (χ0n) is 13.6. The van der Waals surface area contributed by atoms with Crippen molar-refractivity contribution in [1.29, 1.82) is 0 Å². The number of benzene rings is 1. The van der Waals surface area contributed by atoms with Crippen LogP contribution >= 0.6 is 0 Å². The van der Waals surface area contributed by atoms with Crippen LogP contribution in [0.25, 0.3) is 6.08 Å². The number of carbonyl (C=O) groups excluding carboxylic acids is 2. The Bertz CT molecular complexity index is 620. The van der Waals surface area contributed by atoms with Crippen molar-refractivity contribution >= 4 is 18.0 Å². The molecular weight excluding hydrogens is 280 g/mol. The summed E-state index contributed by atoms with van der Waals surface area (Å²) in [5.74, 6) is -0.568. The Kier molecular flexibility index (Phi) is 4.69. The van der Waals surface area contributed by atoms with E-state index in [9.17, 15) is 9.59 Å². The molecule has 4 heteroatoms. The Balaban J connectivity index is 2.16. The van der Waals surface area contributed by atoms with E-state index in [2.05, 4.69) is 0 Å². The number of hydrogen-bond donors (Lipinski definition) is 0. The zero-order chi connectivity index (χ0) is 16.3. The lowest BCUT2D eigenvalue weighted by Crippen LogP contribution is -2.24. The third kappa shape index (κ3) is 4.20. The highest BCUT2D eigenvalue weighted by Gasteiger charge is 2.19. The molecule has 0 aliphatic heterocycles. The average molecular weight is 302 g/mol. The molecule has 0 radical (unpaired) electrons. The van der Waals surface area contributed by atoms with Crippen LogP contribution in [0.15, 0.2) is 23.8 Å². The van der Waals surface area contributed by atoms with Crippen LogP contribution in [0.5, 0.6) is 0 Å². The number of ether oxygens (including phenoxy) is 2. The van der Waals surface area contributed by atoms with Gasteiger partial charge in [-0.2, -0.15) is 0 Å². The van der Waals surface area contributed by atoms with Crippen molar-refractivity contribution in [1.82, 2.24) is 0 Å². The smallest absolute Gasteiger partial charge is 0.337 e. The molecule has 0 fully saturated rings. The number of carbonyl (C=O) groups is 2. The fraction of sp³-hybridized carbons (Fsp3) is 0.444. The van der Waals surface area contributed by atoms with Gasteiger partial charge in [0.25, 0.3) is 0 Å². The summed E-state index contributed by atoms with van der Waals surface area (Å²) in [4.78, 5) is 23.5. The summed E-state index contributed by atoms with van der Waals surface area (Å²) < 4.78 is 10.1. The molecule has 0 bridgehead atoms. The fourth-order valence-electron chi connectivity index (χ4n) is 2.49. The summed E-state index contributed by atoms with van der Waals surface area (Å²) >= 11 is 0. The van der Waals surface area contributed by atoms with Gasteiger partial charge < -0.3 is 9.47 Å². The summed E-state index contributed by atoms with van der Waals surface area (Å²) in [7, 11) is 1.37. The van der Waals surface area contributed by atoms with Gasteiger partial charge >= 0.3 is 11.9 Å². The number of aryl methyl sites for hydroxylation is 1. The highest BCUT2D eigenvalue weighted by molar-refractivity contribution is 5.90. The molecule has 1 aromatic rings. The molecule has 0 spiro atoms. The Morgan fingerprint density at radius 3 is 2.55 bits per heavy atom. The summed E-state index contributed by atoms with van der Waals surface area (Å²) in [5.41, 5.74) is 3.25. The van der Waals surface area contributed by atoms with Gasteiger partial charge in [-0.1, -0.05) is 17.7 Å². The van der Waals surface area contributed by atoms with E-state index in [1.54, 1.807) is 6.07 Å². The molecule has 0 saturated carbocycles. The summed E-state index contributed by atoms with van der Waals surface area (Å²) in [5, 5.41) is 0. The predicted octanol–water partition coefficient (Wildman–Crippen LogP) is 3.53. The minimum atomic E-state index is -0.470. The van der Waals surface area contributed by atoms with E-state index in [0.717, 1.165) is 24.0 Å². The van der Waals surface area contributed by atoms with E-state index >= 15 is 0 Å². The van der Waals surface area contributed by atoms with Crippen LogP contribution in [0, 0.1) is 0 Å². The van der Waals surface area contributed by atoms with Crippen LogP contribution < -0.4 is 0 Å². The van der Waals surface area contributed by atoms with Crippen molar-refractivity contribution in [2.75, 3.05) is 7.11 Å². The number of esters is 2. The minimum Gasteiger partial charge on any atom is -0.465 e. The molecule has 2 rings (SSSR count). The Hall–Kier alpha value is -2.10. The normalized spacial score (nSPS) is 13.9. The van der Waals surface area contributed by atoms with Crippen LogP contribution in [-0.4, -0.2) is 24.6 Å². The molecule has 0 unspecified atom stereocenters. The highest BCUT2D eigenvalue weighted by atomic mass is 16.6. The lowest BCUT2D eigenvalue weighted by Gasteiger charge is -2.21. The first kappa shape index (κ1) is 16.3. The van der Waals surface area contributed by atoms with Gasteiger partial charge in [0.2, 0.25) is 0 Å². The fourth-order valence-corrected chi connectivity index (χ4v) is 2.49. The first-order valence-corrected chi connectivity index (χ1v) is 7.41. The van der Waals surface area contributed by atoms with Crippen molar-refractivity contribution in [2.45, 2.75) is 45.6 Å². The molecular formula is C18H22O4. The van der Waals surface area contributed by atoms with Crippen molar-refractivity contribution < 1.29 is 19.1 Å². The molecule has 0 amide bonds. The van der Waals surface area contributed by atoms with Crippen molar-refractivity contribution in [3.8, 4) is 0 Å². The minimum absolute atomic E-state index is 0.216. The monoisotopic (exact) mass is 302 g/mol. The van der Waals surface area contributed by atoms with Gasteiger partial charge in [-0.3, -0.25) is 4.79 Å². The van der Waals surface area contributed by atoms with Gasteiger partial charge in [0.1, 0.15) is 5.60 Å². The lowest BCUT2D eigenvalue weighted by molar-refractivity contribution is -0.153. The Labute approximate surface area is 131 Å². The predicted molar refractivity (Wildman–Crippen MR) is 84.5 cm³/mol. The third-order valence-electron chi connectivity index (χ3n) is 3.43. The van der Waals surface area contributed by atoms with E-state index in [0.29, 0.717) is 12.0 Å². The average Bonchev–Trinajstić information content (AvgIpc) is 2.43. The van der Waals surface area contributed by atoms with Gasteiger partial charge in [-0.15, -0.1) is 0 Å². The molecule has 1 aliphatic carbocycles. The second kappa shape index (κ2) is 6.34. The van der Waals surface area contributed by atoms with Crippen molar-refractivity contribution in [2.24, 2.45) is 0 Å². The molecule has 1 aromatic carbocycles. The van der Waals surface area contributed by atoms with Crippen molar-refractivity contribution in [3.05, 3.63) is 40.5 Å². The van der Waals surface area contributed by atoms with Crippen LogP contribution in [0.1, 0.15) is 55.1 Å². The molecule has 22 heavy (non-hydrogen) atoms. The molecule has 4 nitrogen and oxygen atoms in total. The van der Waals surface area contributed by atoms with E-state index in [-0.39, 0.29) is 11.9 Å². The molecule has 0 saturated heterocycles. The first-order chi connectivity index (χ1) is 10.3. The van der Waals surface area contributed by atoms with Crippen LogP contribution in [0.4, 0.5) is 0 Å². The molecule has 0 heterocycles. The van der Waals surface area contributed by atoms with Crippen LogP contribution in [0.2, 0.25) is 0 Å². The molecule has 118 valence electrons. The third-order valence-corrected chi connectivity index (χ3v) is 3.43. The maximum Gasteiger partial charge on any atom is 0.337 e. The zero-order valence-corrected chi connectivity index (χ0v) is 13.6. The maximum absolute atomic E-state index is 11.9. The summed E-state index contributed by atoms with van der Waals surface area (Å²) in [6.07, 6.45) is 3.98. The standard InChI is InChI=1S/C18H22O4/c1-18(2,3)22-16(19)10-12-5-6-13-7-8-14(17(20)21-4)11-15(13)9-12/h7-9,11H,5-6,10H2,1-4H3. The number of fused-ring (bicyclic) bond motifs is 1. The second-order valence-electron chi connectivity index (χ2n) is 6.47. The van der Waals surface area contributed by atoms with Crippen LogP contribution in [0.3, 0.4) is 0 Å². The summed E-state index contributed by atoms with van der Waals surface area (Å²) in [6, 6.07) is 5.54. The topological polar surface area (TPSA) is 52.6 Å². The molecule has 0 N–H and O–H groups in total. The second-order valence-corrected chi connectivity index (χ2v) is 6.47. The number of methoxy groups -OCH3 is 1. The van der Waals surface area contributed by atoms with Gasteiger partial charge in [0.15, 0.2) is 0 Å². The van der Waals surface area contributed by atoms with Crippen molar-refractivity contribution in [3.63, 3.8) is 0 Å². The largest absolute Gasteiger partial charge is 0.465 e. The van der Waals surface area contributed by atoms with Gasteiger partial charge in [-0.25, -0.2) is 4.79 Å². The Morgan fingerprint density at radius 2 is 1.91 bits per heavy atom. The highest BCUT2D eigenvalue weighted by Crippen LogP contribution is 2.27. The van der Waals surface area contributed by atoms with Gasteiger partial charge in [-0.05, 0) is 56.9 Å². The van der Waals surface area contributed by atoms with E-state index in [1.165, 1.54) is 12.7 Å². The Morgan fingerprint density at radius 1 is 1.18 bits per heavy atom. The quantitative estimate of drug-likeness (QED) is 0.801. The molecule has 1 aliphatic rings. The maximum atomic E-state index is 11.9. The number of rotatable bonds is 3. The van der Waals surface area contributed by atoms with E-state index < -0.39 is 5.60 Å². The van der Waals surface area contributed by atoms with Gasteiger partial charge in [0.05, 0.1) is 19.1 Å². The van der Waals surface area contributed by atoms with Crippen LogP contribution in [-0.2, 0) is 20.7 Å². The first-order valence-electron chi connectivity index (χ1n) is 7.41. The van der Waals surface area contributed by atoms with Gasteiger partial charge in [0, 0.05) is 0 Å². The SMILES string of the molecule is COC(=O)c1ccc2c(c1)C=C(CC(=O)OC(C)(C)C)CC2. The lowest BCUT2D eigenvalue weighted by atomic mass is 9.89. The number of hydrogen-bond acceptors (Lipinski definition) is 4. The van der Waals surface area contributed by atoms with E-state index in [4.69, 9.17) is 9.47 Å². The molecule has 0 aromatic heterocycles. The summed E-state index contributed by atoms with van der Waals surface area (Å²) in [6.45, 7) is 5.58. The molecule has 0 atom stereocenters.